The zero-order chi connectivity index (χ0) is 19.8. The highest BCUT2D eigenvalue weighted by molar-refractivity contribution is 6.01. The van der Waals surface area contributed by atoms with Gasteiger partial charge in [0.15, 0.2) is 0 Å². The third kappa shape index (κ3) is 2.99. The molecule has 2 aliphatic heterocycles. The van der Waals surface area contributed by atoms with Gasteiger partial charge in [-0.25, -0.2) is 4.79 Å². The molecule has 1 N–H and O–H groups in total. The summed E-state index contributed by atoms with van der Waals surface area (Å²) in [5.74, 6) is 1.29. The van der Waals surface area contributed by atoms with Crippen molar-refractivity contribution in [2.45, 2.75) is 44.2 Å². The Bertz CT molecular complexity index is 829. The van der Waals surface area contributed by atoms with E-state index in [4.69, 9.17) is 9.47 Å². The molecule has 1 aliphatic carbocycles. The quantitative estimate of drug-likeness (QED) is 0.865. The lowest BCUT2D eigenvalue weighted by molar-refractivity contribution is -0.128. The molecule has 1 fully saturated rings. The second-order valence-corrected chi connectivity index (χ2v) is 7.63. The molecule has 3 aliphatic rings. The first-order chi connectivity index (χ1) is 13.5. The number of nitrogens with one attached hydrogen (secondary N) is 1. The van der Waals surface area contributed by atoms with Crippen LogP contribution in [0.15, 0.2) is 29.5 Å². The number of urea groups is 1. The maximum Gasteiger partial charge on any atom is 0.322 e. The molecule has 7 nitrogen and oxygen atoms in total. The molecule has 1 aromatic rings. The van der Waals surface area contributed by atoms with Crippen LogP contribution in [0.4, 0.5) is 4.79 Å². The van der Waals surface area contributed by atoms with E-state index in [0.717, 1.165) is 36.9 Å². The molecule has 0 unspecified atom stereocenters. The predicted molar refractivity (Wildman–Crippen MR) is 104 cm³/mol. The lowest BCUT2D eigenvalue weighted by Gasteiger charge is -2.31. The maximum atomic E-state index is 13.4. The van der Waals surface area contributed by atoms with Gasteiger partial charge < -0.3 is 19.7 Å². The summed E-state index contributed by atoms with van der Waals surface area (Å²) in [5.41, 5.74) is 2.16. The molecule has 3 amide bonds. The van der Waals surface area contributed by atoms with E-state index in [-0.39, 0.29) is 18.0 Å². The minimum atomic E-state index is -0.551. The number of nitrogens with zero attached hydrogens (tertiary/aromatic N) is 2. The molecule has 28 heavy (non-hydrogen) atoms. The molecule has 1 saturated carbocycles. The smallest absolute Gasteiger partial charge is 0.322 e. The molecule has 0 spiro atoms. The van der Waals surface area contributed by atoms with Crippen LogP contribution in [-0.4, -0.2) is 55.6 Å². The molecule has 0 aromatic heterocycles. The third-order valence-corrected chi connectivity index (χ3v) is 6.15. The van der Waals surface area contributed by atoms with Crippen molar-refractivity contribution in [2.24, 2.45) is 0 Å². The largest absolute Gasteiger partial charge is 0.497 e. The summed E-state index contributed by atoms with van der Waals surface area (Å²) in [6.45, 7) is 0.492. The fourth-order valence-electron chi connectivity index (χ4n) is 4.57. The first-order valence-electron chi connectivity index (χ1n) is 9.85. The summed E-state index contributed by atoms with van der Waals surface area (Å²) in [7, 11) is 4.90. The highest BCUT2D eigenvalue weighted by Crippen LogP contribution is 2.41. The summed E-state index contributed by atoms with van der Waals surface area (Å²) >= 11 is 0. The van der Waals surface area contributed by atoms with Gasteiger partial charge in [-0.05, 0) is 31.0 Å². The number of likely N-dealkylation sites (N-methyl/N-ethyl adjacent to an activating group) is 1. The van der Waals surface area contributed by atoms with Crippen molar-refractivity contribution < 1.29 is 19.1 Å². The van der Waals surface area contributed by atoms with Gasteiger partial charge in [-0.15, -0.1) is 0 Å². The molecule has 1 atom stereocenters. The van der Waals surface area contributed by atoms with Crippen LogP contribution in [0.1, 0.15) is 43.7 Å². The molecule has 150 valence electrons. The van der Waals surface area contributed by atoms with Gasteiger partial charge in [-0.3, -0.25) is 9.69 Å². The van der Waals surface area contributed by atoms with E-state index in [1.54, 1.807) is 38.3 Å². The van der Waals surface area contributed by atoms with Crippen LogP contribution in [0.3, 0.4) is 0 Å². The molecule has 7 heteroatoms. The molecular weight excluding hydrogens is 358 g/mol. The standard InChI is InChI=1S/C21H27N3O4/c1-23-16-12-24(13-7-5-4-6-8-13)20(25)18(16)19(22-21(23)26)15-11-14(27-2)9-10-17(15)28-3/h9-11,13,19H,4-8,12H2,1-3H3,(H,22,26)/t19-/m1/s1. The lowest BCUT2D eigenvalue weighted by Crippen LogP contribution is -2.45. The van der Waals surface area contributed by atoms with Crippen molar-refractivity contribution in [1.29, 1.82) is 0 Å². The van der Waals surface area contributed by atoms with Crippen molar-refractivity contribution in [2.75, 3.05) is 27.8 Å². The average Bonchev–Trinajstić information content (AvgIpc) is 3.08. The van der Waals surface area contributed by atoms with Crippen LogP contribution in [0.5, 0.6) is 11.5 Å². The second kappa shape index (κ2) is 7.37. The van der Waals surface area contributed by atoms with E-state index in [0.29, 0.717) is 23.6 Å². The van der Waals surface area contributed by atoms with Gasteiger partial charge in [0.05, 0.1) is 38.1 Å². The second-order valence-electron chi connectivity index (χ2n) is 7.63. The Morgan fingerprint density at radius 1 is 1.07 bits per heavy atom. The van der Waals surface area contributed by atoms with E-state index < -0.39 is 6.04 Å². The highest BCUT2D eigenvalue weighted by Gasteiger charge is 2.45. The first kappa shape index (κ1) is 18.7. The van der Waals surface area contributed by atoms with E-state index in [1.165, 1.54) is 6.42 Å². The molecule has 0 bridgehead atoms. The van der Waals surface area contributed by atoms with Crippen LogP contribution < -0.4 is 14.8 Å². The molecule has 2 heterocycles. The third-order valence-electron chi connectivity index (χ3n) is 6.15. The number of ether oxygens (including phenoxy) is 2. The number of carbonyl (C=O) groups excluding carboxylic acids is 2. The Balaban J connectivity index is 1.75. The van der Waals surface area contributed by atoms with Crippen molar-refractivity contribution in [3.05, 3.63) is 35.0 Å². The van der Waals surface area contributed by atoms with Crippen molar-refractivity contribution in [3.8, 4) is 11.5 Å². The SMILES string of the molecule is COc1ccc(OC)c([C@H]2NC(=O)N(C)C3=C2C(=O)N(C2CCCCC2)C3)c1. The van der Waals surface area contributed by atoms with Gasteiger partial charge in [-0.2, -0.15) is 0 Å². The van der Waals surface area contributed by atoms with Crippen molar-refractivity contribution in [1.82, 2.24) is 15.1 Å². The van der Waals surface area contributed by atoms with Crippen LogP contribution in [0.25, 0.3) is 0 Å². The van der Waals surface area contributed by atoms with Gasteiger partial charge >= 0.3 is 6.03 Å². The Hall–Kier alpha value is -2.70. The fourth-order valence-corrected chi connectivity index (χ4v) is 4.57. The van der Waals surface area contributed by atoms with Crippen LogP contribution >= 0.6 is 0 Å². The maximum absolute atomic E-state index is 13.4. The molecule has 4 rings (SSSR count). The first-order valence-corrected chi connectivity index (χ1v) is 9.85. The number of methoxy groups -OCH3 is 2. The minimum absolute atomic E-state index is 0.0172. The van der Waals surface area contributed by atoms with E-state index in [2.05, 4.69) is 5.32 Å². The molecule has 0 radical (unpaired) electrons. The summed E-state index contributed by atoms with van der Waals surface area (Å²) in [6, 6.07) is 4.92. The van der Waals surface area contributed by atoms with E-state index >= 15 is 0 Å². The summed E-state index contributed by atoms with van der Waals surface area (Å²) < 4.78 is 10.9. The normalized spacial score (nSPS) is 23.0. The van der Waals surface area contributed by atoms with E-state index in [1.807, 2.05) is 11.0 Å². The topological polar surface area (TPSA) is 71.1 Å². The van der Waals surface area contributed by atoms with Crippen LogP contribution in [-0.2, 0) is 4.79 Å². The van der Waals surface area contributed by atoms with Gasteiger partial charge in [0.25, 0.3) is 5.91 Å². The van der Waals surface area contributed by atoms with Gasteiger partial charge in [-0.1, -0.05) is 19.3 Å². The molecule has 0 saturated heterocycles. The Labute approximate surface area is 165 Å². The fraction of sp³-hybridized carbons (Fsp3) is 0.524. The monoisotopic (exact) mass is 385 g/mol. The number of hydrogen-bond donors (Lipinski definition) is 1. The Morgan fingerprint density at radius 2 is 1.82 bits per heavy atom. The van der Waals surface area contributed by atoms with Crippen LogP contribution in [0.2, 0.25) is 0 Å². The van der Waals surface area contributed by atoms with Gasteiger partial charge in [0.1, 0.15) is 11.5 Å². The number of hydrogen-bond acceptors (Lipinski definition) is 4. The highest BCUT2D eigenvalue weighted by atomic mass is 16.5. The lowest BCUT2D eigenvalue weighted by atomic mass is 9.93. The summed E-state index contributed by atoms with van der Waals surface area (Å²) in [5, 5.41) is 2.98. The Morgan fingerprint density at radius 3 is 2.50 bits per heavy atom. The Kier molecular flexibility index (Phi) is 4.91. The summed E-state index contributed by atoms with van der Waals surface area (Å²) in [4.78, 5) is 29.6. The van der Waals surface area contributed by atoms with Gasteiger partial charge in [0, 0.05) is 18.7 Å². The van der Waals surface area contributed by atoms with Gasteiger partial charge in [0.2, 0.25) is 0 Å². The van der Waals surface area contributed by atoms with Crippen molar-refractivity contribution >= 4 is 11.9 Å². The average molecular weight is 385 g/mol. The zero-order valence-corrected chi connectivity index (χ0v) is 16.7. The minimum Gasteiger partial charge on any atom is -0.497 e. The van der Waals surface area contributed by atoms with Crippen LogP contribution in [0, 0.1) is 0 Å². The number of benzene rings is 1. The number of amides is 3. The number of carbonyl (C=O) groups is 2. The molecule has 1 aromatic carbocycles. The molecular formula is C21H27N3O4. The zero-order valence-electron chi connectivity index (χ0n) is 16.7. The summed E-state index contributed by atoms with van der Waals surface area (Å²) in [6.07, 6.45) is 5.60. The number of rotatable bonds is 4. The predicted octanol–water partition coefficient (Wildman–Crippen LogP) is 2.83. The van der Waals surface area contributed by atoms with E-state index in [9.17, 15) is 9.59 Å². The van der Waals surface area contributed by atoms with Crippen molar-refractivity contribution in [3.63, 3.8) is 0 Å².